The van der Waals surface area contributed by atoms with Gasteiger partial charge in [-0.1, -0.05) is 0 Å². The second-order valence-corrected chi connectivity index (χ2v) is 8.78. The van der Waals surface area contributed by atoms with Gasteiger partial charge in [-0.3, -0.25) is 0 Å². The molecule has 6 rings (SSSR count). The lowest BCUT2D eigenvalue weighted by molar-refractivity contribution is 0.224. The van der Waals surface area contributed by atoms with Gasteiger partial charge in [-0.2, -0.15) is 0 Å². The molecule has 10 unspecified atom stereocenters. The fraction of sp³-hybridized carbons (Fsp3) is 1.00. The third-order valence-electron chi connectivity index (χ3n) is 7.95. The topological polar surface area (TPSA) is 72.2 Å². The third-order valence-corrected chi connectivity index (χ3v) is 7.95. The standard InChI is InChI=1S/C17H30N6/c1-2-19-12-7-22-14(9(1)12)15-10-5-18-6-11(10)16(23-15)17-13-8(3-20-13)4-21-17/h8-23H,1-7H2. The van der Waals surface area contributed by atoms with Gasteiger partial charge in [0, 0.05) is 61.8 Å². The Balaban J connectivity index is 1.25. The number of rotatable bonds is 2. The van der Waals surface area contributed by atoms with Gasteiger partial charge in [0.05, 0.1) is 0 Å². The van der Waals surface area contributed by atoms with Gasteiger partial charge in [0.15, 0.2) is 0 Å². The smallest absolute Gasteiger partial charge is 0.0382 e. The molecule has 6 fully saturated rings. The van der Waals surface area contributed by atoms with E-state index >= 15 is 0 Å². The molecule has 0 aromatic heterocycles. The zero-order valence-electron chi connectivity index (χ0n) is 13.7. The Morgan fingerprint density at radius 3 is 2.09 bits per heavy atom. The van der Waals surface area contributed by atoms with Crippen LogP contribution in [0.15, 0.2) is 0 Å². The largest absolute Gasteiger partial charge is 0.316 e. The number of hydrogen-bond donors (Lipinski definition) is 6. The van der Waals surface area contributed by atoms with Crippen LogP contribution in [0, 0.1) is 23.7 Å². The monoisotopic (exact) mass is 318 g/mol. The number of fused-ring (bicyclic) bond motifs is 3. The normalized spacial score (nSPS) is 60.5. The lowest BCUT2D eigenvalue weighted by Gasteiger charge is -2.38. The van der Waals surface area contributed by atoms with Crippen LogP contribution in [0.3, 0.4) is 0 Å². The molecule has 10 atom stereocenters. The zero-order chi connectivity index (χ0) is 15.0. The van der Waals surface area contributed by atoms with Crippen LogP contribution in [0.1, 0.15) is 6.42 Å². The minimum Gasteiger partial charge on any atom is -0.316 e. The molecular formula is C17H30N6. The maximum absolute atomic E-state index is 4.14. The van der Waals surface area contributed by atoms with E-state index in [4.69, 9.17) is 0 Å². The summed E-state index contributed by atoms with van der Waals surface area (Å²) in [7, 11) is 0. The summed E-state index contributed by atoms with van der Waals surface area (Å²) >= 11 is 0. The molecule has 6 aliphatic heterocycles. The molecule has 0 saturated carbocycles. The molecule has 6 aliphatic rings. The molecule has 23 heavy (non-hydrogen) atoms. The second kappa shape index (κ2) is 5.13. The van der Waals surface area contributed by atoms with E-state index < -0.39 is 0 Å². The summed E-state index contributed by atoms with van der Waals surface area (Å²) in [5.74, 6) is 3.31. The molecule has 0 bridgehead atoms. The van der Waals surface area contributed by atoms with E-state index in [9.17, 15) is 0 Å². The van der Waals surface area contributed by atoms with Gasteiger partial charge in [0.1, 0.15) is 0 Å². The van der Waals surface area contributed by atoms with Crippen molar-refractivity contribution in [2.45, 2.75) is 42.7 Å². The molecule has 6 N–H and O–H groups in total. The molecule has 0 aliphatic carbocycles. The lowest BCUT2D eigenvalue weighted by atomic mass is 9.79. The Morgan fingerprint density at radius 1 is 0.565 bits per heavy atom. The SMILES string of the molecule is C1CC2C(CNC2C2NC(C3NCC4CNC43)C3CNCC32)N1. The summed E-state index contributed by atoms with van der Waals surface area (Å²) in [5, 5.41) is 22.9. The molecule has 0 aromatic carbocycles. The predicted octanol–water partition coefficient (Wildman–Crippen LogP) is -2.33. The summed E-state index contributed by atoms with van der Waals surface area (Å²) < 4.78 is 0. The van der Waals surface area contributed by atoms with Crippen molar-refractivity contribution in [2.24, 2.45) is 23.7 Å². The first-order valence-electron chi connectivity index (χ1n) is 9.80. The number of nitrogens with one attached hydrogen (secondary N) is 6. The van der Waals surface area contributed by atoms with E-state index in [1.54, 1.807) is 0 Å². The Hall–Kier alpha value is -0.240. The average molecular weight is 318 g/mol. The van der Waals surface area contributed by atoms with Crippen molar-refractivity contribution in [3.05, 3.63) is 0 Å². The van der Waals surface area contributed by atoms with Crippen molar-refractivity contribution in [3.63, 3.8) is 0 Å². The van der Waals surface area contributed by atoms with Crippen molar-refractivity contribution in [2.75, 3.05) is 39.3 Å². The minimum absolute atomic E-state index is 0.630. The molecule has 6 heteroatoms. The maximum atomic E-state index is 4.14. The summed E-state index contributed by atoms with van der Waals surface area (Å²) in [6, 6.07) is 4.01. The molecule has 0 spiro atoms. The summed E-state index contributed by atoms with van der Waals surface area (Å²) in [4.78, 5) is 0. The highest BCUT2D eigenvalue weighted by Crippen LogP contribution is 2.40. The van der Waals surface area contributed by atoms with Gasteiger partial charge < -0.3 is 31.9 Å². The molecule has 6 heterocycles. The highest BCUT2D eigenvalue weighted by molar-refractivity contribution is 5.17. The third kappa shape index (κ3) is 1.91. The van der Waals surface area contributed by atoms with Gasteiger partial charge in [0.2, 0.25) is 0 Å². The maximum Gasteiger partial charge on any atom is 0.0382 e. The minimum atomic E-state index is 0.630. The quantitative estimate of drug-likeness (QED) is 0.343. The van der Waals surface area contributed by atoms with E-state index in [-0.39, 0.29) is 0 Å². The van der Waals surface area contributed by atoms with Gasteiger partial charge in [-0.15, -0.1) is 0 Å². The Morgan fingerprint density at radius 2 is 1.30 bits per heavy atom. The van der Waals surface area contributed by atoms with Gasteiger partial charge in [0.25, 0.3) is 0 Å². The van der Waals surface area contributed by atoms with Gasteiger partial charge >= 0.3 is 0 Å². The summed E-state index contributed by atoms with van der Waals surface area (Å²) in [5.41, 5.74) is 0. The van der Waals surface area contributed by atoms with E-state index in [2.05, 4.69) is 31.9 Å². The van der Waals surface area contributed by atoms with Crippen LogP contribution < -0.4 is 31.9 Å². The molecule has 0 aromatic rings. The van der Waals surface area contributed by atoms with Crippen molar-refractivity contribution in [1.29, 1.82) is 0 Å². The first-order chi connectivity index (χ1) is 11.4. The Kier molecular flexibility index (Phi) is 3.12. The highest BCUT2D eigenvalue weighted by atomic mass is 15.2. The van der Waals surface area contributed by atoms with Crippen LogP contribution in [-0.2, 0) is 0 Å². The van der Waals surface area contributed by atoms with Crippen LogP contribution in [0.4, 0.5) is 0 Å². The Labute approximate surface area is 138 Å². The van der Waals surface area contributed by atoms with Crippen LogP contribution in [0.25, 0.3) is 0 Å². The molecule has 0 amide bonds. The van der Waals surface area contributed by atoms with E-state index in [0.29, 0.717) is 30.2 Å². The lowest BCUT2D eigenvalue weighted by Crippen LogP contribution is -2.62. The first-order valence-corrected chi connectivity index (χ1v) is 9.80. The van der Waals surface area contributed by atoms with E-state index in [0.717, 1.165) is 36.3 Å². The Bertz CT molecular complexity index is 486. The fourth-order valence-corrected chi connectivity index (χ4v) is 6.77. The molecule has 128 valence electrons. The molecular weight excluding hydrogens is 288 g/mol. The van der Waals surface area contributed by atoms with Crippen LogP contribution in [-0.4, -0.2) is 75.5 Å². The zero-order valence-corrected chi connectivity index (χ0v) is 13.7. The second-order valence-electron chi connectivity index (χ2n) is 8.78. The summed E-state index contributed by atoms with van der Waals surface area (Å²) in [6.45, 7) is 7.22. The van der Waals surface area contributed by atoms with Crippen molar-refractivity contribution in [3.8, 4) is 0 Å². The average Bonchev–Trinajstić information content (AvgIpc) is 3.26. The van der Waals surface area contributed by atoms with Crippen LogP contribution in [0.5, 0.6) is 0 Å². The van der Waals surface area contributed by atoms with E-state index in [1.165, 1.54) is 39.1 Å². The molecule has 6 nitrogen and oxygen atoms in total. The van der Waals surface area contributed by atoms with E-state index in [1.807, 2.05) is 0 Å². The first kappa shape index (κ1) is 14.0. The van der Waals surface area contributed by atoms with Gasteiger partial charge in [-0.25, -0.2) is 0 Å². The predicted molar refractivity (Wildman–Crippen MR) is 89.3 cm³/mol. The van der Waals surface area contributed by atoms with Crippen LogP contribution >= 0.6 is 0 Å². The highest BCUT2D eigenvalue weighted by Gasteiger charge is 2.57. The van der Waals surface area contributed by atoms with Gasteiger partial charge in [-0.05, 0) is 43.8 Å². The molecule has 0 radical (unpaired) electrons. The fourth-order valence-electron chi connectivity index (χ4n) is 6.77. The summed E-state index contributed by atoms with van der Waals surface area (Å²) in [6.07, 6.45) is 1.35. The van der Waals surface area contributed by atoms with Crippen LogP contribution in [0.2, 0.25) is 0 Å². The van der Waals surface area contributed by atoms with Crippen molar-refractivity contribution < 1.29 is 0 Å². The number of hydrogen-bond acceptors (Lipinski definition) is 6. The van der Waals surface area contributed by atoms with Crippen molar-refractivity contribution in [1.82, 2.24) is 31.9 Å². The van der Waals surface area contributed by atoms with Crippen molar-refractivity contribution >= 4 is 0 Å². The molecule has 6 saturated heterocycles.